The van der Waals surface area contributed by atoms with Gasteiger partial charge in [-0.1, -0.05) is 23.7 Å². The van der Waals surface area contributed by atoms with Gasteiger partial charge in [-0.15, -0.1) is 0 Å². The molecular weight excluding hydrogens is 456 g/mol. The molecule has 1 N–H and O–H groups in total. The smallest absolute Gasteiger partial charge is 0.228 e. The van der Waals surface area contributed by atoms with Crippen molar-refractivity contribution < 1.29 is 19.1 Å². The Hall–Kier alpha value is -3.26. The Labute approximate surface area is 202 Å². The van der Waals surface area contributed by atoms with Crippen LogP contribution in [0, 0.1) is 5.92 Å². The van der Waals surface area contributed by atoms with E-state index in [9.17, 15) is 9.59 Å². The number of likely N-dealkylation sites (tertiary alicyclic amines) is 1. The van der Waals surface area contributed by atoms with Crippen LogP contribution in [0.5, 0.6) is 11.5 Å². The number of hydrogen-bond donors (Lipinski definition) is 1. The fourth-order valence-electron chi connectivity index (χ4n) is 4.96. The number of fused-ring (bicyclic) bond motifs is 1. The summed E-state index contributed by atoms with van der Waals surface area (Å²) >= 11 is 6.29. The molecule has 2 aliphatic rings. The highest BCUT2D eigenvalue weighted by Crippen LogP contribution is 2.40. The highest BCUT2D eigenvalue weighted by Gasteiger charge is 2.39. The summed E-state index contributed by atoms with van der Waals surface area (Å²) in [6, 6.07) is 11.3. The van der Waals surface area contributed by atoms with Gasteiger partial charge in [-0.25, -0.2) is 4.98 Å². The van der Waals surface area contributed by atoms with Gasteiger partial charge in [0.05, 0.1) is 41.9 Å². The molecule has 8 nitrogen and oxygen atoms in total. The van der Waals surface area contributed by atoms with E-state index in [2.05, 4.69) is 4.98 Å². The van der Waals surface area contributed by atoms with Crippen LogP contribution in [0.2, 0.25) is 5.02 Å². The highest BCUT2D eigenvalue weighted by atomic mass is 35.5. The van der Waals surface area contributed by atoms with Crippen LogP contribution in [0.3, 0.4) is 0 Å². The van der Waals surface area contributed by atoms with Gasteiger partial charge in [0.2, 0.25) is 11.8 Å². The summed E-state index contributed by atoms with van der Waals surface area (Å²) in [5.41, 5.74) is 2.56. The molecule has 0 unspecified atom stereocenters. The fraction of sp³-hybridized carbons (Fsp3) is 0.400. The van der Waals surface area contributed by atoms with Crippen LogP contribution in [0.1, 0.15) is 31.0 Å². The number of benzene rings is 2. The third-order valence-electron chi connectivity index (χ3n) is 6.82. The van der Waals surface area contributed by atoms with Gasteiger partial charge in [0, 0.05) is 38.0 Å². The Kier molecular flexibility index (Phi) is 6.08. The summed E-state index contributed by atoms with van der Waals surface area (Å²) in [7, 11) is 3.05. The quantitative estimate of drug-likeness (QED) is 0.594. The molecule has 0 aliphatic carbocycles. The van der Waals surface area contributed by atoms with E-state index >= 15 is 0 Å². The van der Waals surface area contributed by atoms with Crippen LogP contribution in [-0.2, 0) is 9.59 Å². The lowest BCUT2D eigenvalue weighted by molar-refractivity contribution is -0.136. The number of para-hydroxylation sites is 2. The van der Waals surface area contributed by atoms with Gasteiger partial charge in [-0.2, -0.15) is 0 Å². The number of nitrogens with zero attached hydrogens (tertiary/aromatic N) is 3. The van der Waals surface area contributed by atoms with Crippen LogP contribution in [0.15, 0.2) is 36.4 Å². The lowest BCUT2D eigenvalue weighted by Gasteiger charge is -2.32. The number of anilines is 1. The van der Waals surface area contributed by atoms with Crippen LogP contribution in [-0.4, -0.2) is 60.5 Å². The number of carbonyl (C=O) groups is 2. The third kappa shape index (κ3) is 4.07. The van der Waals surface area contributed by atoms with Gasteiger partial charge in [-0.05, 0) is 31.0 Å². The number of halogens is 1. The van der Waals surface area contributed by atoms with Crippen molar-refractivity contribution in [1.29, 1.82) is 0 Å². The molecule has 178 valence electrons. The summed E-state index contributed by atoms with van der Waals surface area (Å²) in [6.07, 6.45) is 1.87. The summed E-state index contributed by atoms with van der Waals surface area (Å²) in [4.78, 5) is 37.7. The second kappa shape index (κ2) is 9.18. The van der Waals surface area contributed by atoms with E-state index in [4.69, 9.17) is 26.1 Å². The molecule has 34 heavy (non-hydrogen) atoms. The molecule has 2 amide bonds. The number of H-pyrrole nitrogens is 1. The van der Waals surface area contributed by atoms with E-state index < -0.39 is 0 Å². The number of rotatable bonds is 5. The van der Waals surface area contributed by atoms with Gasteiger partial charge < -0.3 is 24.3 Å². The van der Waals surface area contributed by atoms with Crippen LogP contribution >= 0.6 is 11.6 Å². The number of hydrogen-bond acceptors (Lipinski definition) is 5. The zero-order valence-corrected chi connectivity index (χ0v) is 20.0. The standard InChI is InChI=1S/C25H27ClN4O4/c1-33-21-13-22(34-2)20(12-17(21)26)30-14-16(11-23(30)31)25(32)29-9-7-15(8-10-29)24-27-18-5-3-4-6-19(18)28-24/h3-6,12-13,15-16H,7-11,14H2,1-2H3,(H,27,28)/t16-/m1/s1. The number of piperidine rings is 1. The normalized spacial score (nSPS) is 19.1. The number of amides is 2. The van der Waals surface area contributed by atoms with Gasteiger partial charge in [-0.3, -0.25) is 9.59 Å². The van der Waals surface area contributed by atoms with Gasteiger partial charge >= 0.3 is 0 Å². The largest absolute Gasteiger partial charge is 0.495 e. The topological polar surface area (TPSA) is 87.8 Å². The summed E-state index contributed by atoms with van der Waals surface area (Å²) in [5, 5.41) is 0.383. The number of nitrogens with one attached hydrogen (secondary N) is 1. The average molecular weight is 483 g/mol. The summed E-state index contributed by atoms with van der Waals surface area (Å²) in [5.74, 6) is 1.75. The monoisotopic (exact) mass is 482 g/mol. The maximum atomic E-state index is 13.3. The van der Waals surface area contributed by atoms with Crippen LogP contribution in [0.4, 0.5) is 5.69 Å². The number of methoxy groups -OCH3 is 2. The Balaban J connectivity index is 1.25. The lowest BCUT2D eigenvalue weighted by atomic mass is 9.95. The van der Waals surface area contributed by atoms with E-state index in [0.29, 0.717) is 47.8 Å². The van der Waals surface area contributed by atoms with Crippen LogP contribution in [0.25, 0.3) is 11.0 Å². The molecule has 3 heterocycles. The van der Waals surface area contributed by atoms with Crippen LogP contribution < -0.4 is 14.4 Å². The molecule has 1 aromatic heterocycles. The number of ether oxygens (including phenoxy) is 2. The SMILES string of the molecule is COc1cc(OC)c(N2C[C@H](C(=O)N3CCC(c4nc5ccccc5[nH]4)CC3)CC2=O)cc1Cl. The van der Waals surface area contributed by atoms with Gasteiger partial charge in [0.25, 0.3) is 0 Å². The molecule has 2 fully saturated rings. The van der Waals surface area contributed by atoms with Crippen molar-refractivity contribution in [3.05, 3.63) is 47.2 Å². The molecule has 5 rings (SSSR count). The van der Waals surface area contributed by atoms with E-state index in [-0.39, 0.29) is 24.2 Å². The molecule has 2 aliphatic heterocycles. The molecule has 9 heteroatoms. The Bertz CT molecular complexity index is 1200. The van der Waals surface area contributed by atoms with E-state index in [1.165, 1.54) is 14.2 Å². The maximum Gasteiger partial charge on any atom is 0.228 e. The first kappa shape index (κ1) is 22.5. The molecule has 0 radical (unpaired) electrons. The molecule has 0 bridgehead atoms. The molecule has 2 aromatic carbocycles. The minimum absolute atomic E-state index is 0.0254. The second-order valence-electron chi connectivity index (χ2n) is 8.80. The zero-order valence-electron chi connectivity index (χ0n) is 19.2. The molecular formula is C25H27ClN4O4. The van der Waals surface area contributed by atoms with Crippen molar-refractivity contribution in [2.45, 2.75) is 25.2 Å². The molecule has 2 saturated heterocycles. The lowest BCUT2D eigenvalue weighted by Crippen LogP contribution is -2.42. The third-order valence-corrected chi connectivity index (χ3v) is 7.11. The van der Waals surface area contributed by atoms with Crippen molar-refractivity contribution in [2.75, 3.05) is 38.8 Å². The van der Waals surface area contributed by atoms with Gasteiger partial charge in [0.15, 0.2) is 0 Å². The minimum atomic E-state index is -0.388. The molecule has 3 aromatic rings. The van der Waals surface area contributed by atoms with E-state index in [1.54, 1.807) is 17.0 Å². The average Bonchev–Trinajstić information content (AvgIpc) is 3.47. The van der Waals surface area contributed by atoms with Crippen molar-refractivity contribution in [2.24, 2.45) is 5.92 Å². The van der Waals surface area contributed by atoms with Gasteiger partial charge in [0.1, 0.15) is 17.3 Å². The molecule has 0 spiro atoms. The van der Waals surface area contributed by atoms with Crippen molar-refractivity contribution in [3.63, 3.8) is 0 Å². The Morgan fingerprint density at radius 2 is 1.85 bits per heavy atom. The Morgan fingerprint density at radius 1 is 1.12 bits per heavy atom. The highest BCUT2D eigenvalue weighted by molar-refractivity contribution is 6.32. The van der Waals surface area contributed by atoms with Crippen molar-refractivity contribution in [1.82, 2.24) is 14.9 Å². The number of carbonyl (C=O) groups excluding carboxylic acids is 2. The maximum absolute atomic E-state index is 13.3. The van der Waals surface area contributed by atoms with Crippen molar-refractivity contribution >= 4 is 40.1 Å². The Morgan fingerprint density at radius 3 is 2.56 bits per heavy atom. The zero-order chi connectivity index (χ0) is 23.8. The minimum Gasteiger partial charge on any atom is -0.495 e. The fourth-order valence-corrected chi connectivity index (χ4v) is 5.19. The molecule has 0 saturated carbocycles. The summed E-state index contributed by atoms with van der Waals surface area (Å²) in [6.45, 7) is 1.62. The number of aromatic nitrogens is 2. The predicted octanol–water partition coefficient (Wildman–Crippen LogP) is 3.99. The second-order valence-corrected chi connectivity index (χ2v) is 9.21. The molecule has 1 atom stereocenters. The summed E-state index contributed by atoms with van der Waals surface area (Å²) < 4.78 is 10.7. The first-order chi connectivity index (χ1) is 16.5. The predicted molar refractivity (Wildman–Crippen MR) is 130 cm³/mol. The van der Waals surface area contributed by atoms with E-state index in [1.807, 2.05) is 29.2 Å². The number of aromatic amines is 1. The van der Waals surface area contributed by atoms with Crippen molar-refractivity contribution in [3.8, 4) is 11.5 Å². The first-order valence-electron chi connectivity index (χ1n) is 11.4. The number of imidazole rings is 1. The first-order valence-corrected chi connectivity index (χ1v) is 11.8. The van der Waals surface area contributed by atoms with E-state index in [0.717, 1.165) is 29.7 Å².